The molecule has 12 rings (SSSR count). The summed E-state index contributed by atoms with van der Waals surface area (Å²) in [5.41, 5.74) is 15.8. The average molecular weight is 1720 g/mol. The third-order valence-electron chi connectivity index (χ3n) is 20.5. The van der Waals surface area contributed by atoms with E-state index in [0.29, 0.717) is 0 Å². The van der Waals surface area contributed by atoms with Crippen molar-refractivity contribution in [3.05, 3.63) is 219 Å². The van der Waals surface area contributed by atoms with Crippen molar-refractivity contribution < 1.29 is 21.1 Å². The second kappa shape index (κ2) is 41.9. The first-order chi connectivity index (χ1) is 51.1. The molecule has 0 fully saturated rings. The van der Waals surface area contributed by atoms with Gasteiger partial charge in [-0.1, -0.05) is 208 Å². The van der Waals surface area contributed by atoms with E-state index in [1.165, 1.54) is 112 Å². The number of aromatic nitrogens is 2. The fourth-order valence-electron chi connectivity index (χ4n) is 14.7. The fourth-order valence-corrected chi connectivity index (χ4v) is 27.1. The molecule has 4 aromatic carbocycles. The van der Waals surface area contributed by atoms with E-state index in [4.69, 9.17) is 22.8 Å². The zero-order valence-electron chi connectivity index (χ0n) is 63.7. The molecule has 8 aromatic heterocycles. The van der Waals surface area contributed by atoms with Crippen LogP contribution in [0, 0.1) is 24.7 Å². The van der Waals surface area contributed by atoms with E-state index in [1.807, 2.05) is 45.3 Å². The zero-order valence-corrected chi connectivity index (χ0v) is 72.9. The first-order valence-corrected chi connectivity index (χ1v) is 48.1. The molecule has 0 aliphatic heterocycles. The fraction of sp³-hybridized carbons (Fsp3) is 0.383. The molecule has 11 heteroatoms. The monoisotopic (exact) mass is 1710 g/mol. The largest absolute Gasteiger partial charge is 2.00 e. The second-order valence-electron chi connectivity index (χ2n) is 28.1. The van der Waals surface area contributed by atoms with Crippen LogP contribution in [0.25, 0.3) is 82.0 Å². The number of hydrogen-bond acceptors (Lipinski definition) is 8. The van der Waals surface area contributed by atoms with Gasteiger partial charge in [-0.25, -0.2) is 32.6 Å². The minimum atomic E-state index is -0.661. The third kappa shape index (κ3) is 20.2. The van der Waals surface area contributed by atoms with Crippen LogP contribution in [0.4, 0.5) is 0 Å². The van der Waals surface area contributed by atoms with Crippen molar-refractivity contribution in [1.82, 2.24) is 9.97 Å². The first-order valence-electron chi connectivity index (χ1n) is 39.3. The Morgan fingerprint density at radius 1 is 0.305 bits per heavy atom. The van der Waals surface area contributed by atoms with E-state index >= 15 is 0 Å². The maximum Gasteiger partial charge on any atom is 2.00 e. The standard InChI is InChI=1S/C72H82N2S6.C22H24P2.Pt/c1-11-21-29-49-51(31-23-13-3)69(77-59(49)19-9)61-43-45-63(75-61)71-55(35-27-17-7)53(33-25-15-5)67(79-71)57-41-39-47-37-38-48-40-42-58(74-66(48)65(47)73-57)68-54(34-26-16-6)56(36-28-18-8)72(80-68)64-46-44-62(76-64)70-52(32-24-14-4)50(30-22-12-2)60(20-10)78-70;1-23(20-12-5-2-6-13-20)18-11-19-24(21-14-7-3-8-15-21)22-16-9-4-10-17-22;/h37-46H,11-18,21-36H2,1-8H3;2-10,12-17H,11,18-19H2,1H3;/q-2;;+2/p+2. The maximum atomic E-state index is 8.32. The zero-order chi connectivity index (χ0) is 72.7. The Hall–Kier alpha value is -5.43. The Kier molecular flexibility index (Phi) is 32.8. The van der Waals surface area contributed by atoms with Gasteiger partial charge in [0.25, 0.3) is 0 Å². The van der Waals surface area contributed by atoms with Crippen molar-refractivity contribution in [2.75, 3.05) is 19.0 Å². The molecule has 12 aromatic rings. The van der Waals surface area contributed by atoms with Crippen LogP contribution < -0.4 is 15.9 Å². The van der Waals surface area contributed by atoms with Crippen molar-refractivity contribution in [1.29, 1.82) is 0 Å². The van der Waals surface area contributed by atoms with Crippen molar-refractivity contribution in [2.45, 2.75) is 216 Å². The number of hydrogen-bond donors (Lipinski definition) is 0. The topological polar surface area (TPSA) is 25.8 Å². The molecule has 0 aliphatic carbocycles. The average Bonchev–Trinajstić information content (AvgIpc) is 1.63. The number of pyridine rings is 2. The van der Waals surface area contributed by atoms with E-state index in [2.05, 4.69) is 226 Å². The van der Waals surface area contributed by atoms with Gasteiger partial charge in [0.2, 0.25) is 0 Å². The van der Waals surface area contributed by atoms with Crippen LogP contribution in [-0.4, -0.2) is 29.0 Å². The third-order valence-corrected chi connectivity index (χ3v) is 33.7. The number of nitrogens with zero attached hydrogens (tertiary/aromatic N) is 2. The summed E-state index contributed by atoms with van der Waals surface area (Å²) in [6.07, 6.45) is 47.5. The maximum absolute atomic E-state index is 8.32. The molecule has 0 aliphatic rings. The molecule has 0 radical (unpaired) electrons. The summed E-state index contributed by atoms with van der Waals surface area (Å²) >= 11 is 11.4. The van der Waals surface area contributed by atoms with Gasteiger partial charge >= 0.3 is 21.1 Å². The molecule has 0 amide bonds. The van der Waals surface area contributed by atoms with Gasteiger partial charge in [-0.05, 0) is 196 Å². The Morgan fingerprint density at radius 2 is 0.590 bits per heavy atom. The molecule has 548 valence electrons. The first kappa shape index (κ1) is 82.1. The predicted octanol–water partition coefficient (Wildman–Crippen LogP) is 28.2. The van der Waals surface area contributed by atoms with Gasteiger partial charge in [-0.3, -0.25) is 11.8 Å². The van der Waals surface area contributed by atoms with E-state index in [0.717, 1.165) is 197 Å². The number of unbranched alkanes of at least 4 members (excludes halogenated alkanes) is 8. The van der Waals surface area contributed by atoms with Crippen LogP contribution >= 0.6 is 83.9 Å². The quantitative estimate of drug-likeness (QED) is 0.0168. The second-order valence-corrected chi connectivity index (χ2v) is 39.6. The van der Waals surface area contributed by atoms with Crippen molar-refractivity contribution >= 4 is 122 Å². The molecule has 1 unspecified atom stereocenters. The van der Waals surface area contributed by atoms with Gasteiger partial charge in [0.05, 0.1) is 75.0 Å². The van der Waals surface area contributed by atoms with Gasteiger partial charge in [0.15, 0.2) is 0 Å². The Bertz CT molecular complexity index is 4500. The smallest absolute Gasteiger partial charge is 0.365 e. The van der Waals surface area contributed by atoms with Gasteiger partial charge in [-0.2, -0.15) is 0 Å². The van der Waals surface area contributed by atoms with Crippen molar-refractivity contribution in [3.8, 4) is 72.0 Å². The van der Waals surface area contributed by atoms with Gasteiger partial charge in [0, 0.05) is 64.1 Å². The SMILES string of the molecule is C[PH+](CCC[PH+](c1ccccc1)c1ccccc1)c1ccccc1.[C-]#Cc1sc(-c2ccc(-c3sc(-c4ccc5ccc6ccc(-c7sc(-c8ccc(-c9sc(C#[C-])c(CCCC)c9CCCC)s8)c(CCCC)c7CCCC)nc6c5n4)c(CCCC)c3CCCC)s2)c(CCCC)c1CCCC.[Pt+2]. The normalized spacial score (nSPS) is 11.7. The molecular weight excluding hydrogens is 1610 g/mol. The molecule has 0 bridgehead atoms. The number of benzene rings is 4. The molecule has 2 nitrogen and oxygen atoms in total. The summed E-state index contributed by atoms with van der Waals surface area (Å²) in [6.45, 7) is 20.9. The van der Waals surface area contributed by atoms with Crippen molar-refractivity contribution in [2.24, 2.45) is 0 Å². The Morgan fingerprint density at radius 3 is 0.914 bits per heavy atom. The van der Waals surface area contributed by atoms with E-state index in [1.54, 1.807) is 38.6 Å². The van der Waals surface area contributed by atoms with Crippen LogP contribution in [0.15, 0.2) is 152 Å². The van der Waals surface area contributed by atoms with Gasteiger partial charge < -0.3 is 12.8 Å². The molecular formula is C94H108N2P2PtS6+2. The molecule has 0 N–H and O–H groups in total. The minimum Gasteiger partial charge on any atom is -0.365 e. The van der Waals surface area contributed by atoms with Crippen LogP contribution in [-0.2, 0) is 72.4 Å². The molecule has 8 heterocycles. The summed E-state index contributed by atoms with van der Waals surface area (Å²) in [5.74, 6) is 5.74. The van der Waals surface area contributed by atoms with Gasteiger partial charge in [0.1, 0.15) is 0 Å². The number of fused-ring (bicyclic) bond motifs is 3. The van der Waals surface area contributed by atoms with E-state index in [-0.39, 0.29) is 21.1 Å². The van der Waals surface area contributed by atoms with Crippen LogP contribution in [0.2, 0.25) is 0 Å². The van der Waals surface area contributed by atoms with Gasteiger partial charge in [-0.15, -0.1) is 56.5 Å². The van der Waals surface area contributed by atoms with Crippen LogP contribution in [0.5, 0.6) is 0 Å². The molecule has 105 heavy (non-hydrogen) atoms. The van der Waals surface area contributed by atoms with Crippen LogP contribution in [0.3, 0.4) is 0 Å². The van der Waals surface area contributed by atoms with Crippen molar-refractivity contribution in [3.63, 3.8) is 0 Å². The Labute approximate surface area is 672 Å². The summed E-state index contributed by atoms with van der Waals surface area (Å²) in [6, 6.07) is 56.5. The summed E-state index contributed by atoms with van der Waals surface area (Å²) in [5, 5.41) is 6.90. The molecule has 0 saturated carbocycles. The summed E-state index contributed by atoms with van der Waals surface area (Å²) in [4.78, 5) is 27.1. The minimum absolute atomic E-state index is 0. The summed E-state index contributed by atoms with van der Waals surface area (Å²) < 4.78 is 0. The predicted molar refractivity (Wildman–Crippen MR) is 473 cm³/mol. The molecule has 0 spiro atoms. The van der Waals surface area contributed by atoms with E-state index < -0.39 is 15.8 Å². The van der Waals surface area contributed by atoms with Crippen LogP contribution in [0.1, 0.15) is 219 Å². The summed E-state index contributed by atoms with van der Waals surface area (Å²) in [7, 11) is -1.07. The molecule has 1 atom stereocenters. The number of rotatable bonds is 37. The van der Waals surface area contributed by atoms with E-state index in [9.17, 15) is 0 Å². The Balaban J connectivity index is 0.000000398. The molecule has 0 saturated heterocycles. The number of thiophene rings is 6.